The van der Waals surface area contributed by atoms with Gasteiger partial charge < -0.3 is 11.1 Å². The molecule has 3 N–H and O–H groups in total. The Labute approximate surface area is 94.8 Å². The quantitative estimate of drug-likeness (QED) is 0.759. The second kappa shape index (κ2) is 5.90. The van der Waals surface area contributed by atoms with E-state index in [1.807, 2.05) is 31.2 Å². The fourth-order valence-corrected chi connectivity index (χ4v) is 1.41. The first-order valence-electron chi connectivity index (χ1n) is 5.19. The summed E-state index contributed by atoms with van der Waals surface area (Å²) in [6.45, 7) is 1.92. The highest BCUT2D eigenvalue weighted by atomic mass is 16.2. The van der Waals surface area contributed by atoms with Gasteiger partial charge in [0.2, 0.25) is 11.8 Å². The summed E-state index contributed by atoms with van der Waals surface area (Å²) in [6.07, 6.45) is 1.05. The summed E-state index contributed by atoms with van der Waals surface area (Å²) in [4.78, 5) is 21.8. The van der Waals surface area contributed by atoms with Gasteiger partial charge >= 0.3 is 0 Å². The Kier molecular flexibility index (Phi) is 4.51. The molecule has 86 valence electrons. The van der Waals surface area contributed by atoms with Gasteiger partial charge in [0.15, 0.2) is 0 Å². The molecule has 0 fully saturated rings. The molecule has 0 aliphatic rings. The van der Waals surface area contributed by atoms with Crippen LogP contribution in [0.1, 0.15) is 17.5 Å². The van der Waals surface area contributed by atoms with Crippen LogP contribution < -0.4 is 11.1 Å². The van der Waals surface area contributed by atoms with E-state index in [1.54, 1.807) is 0 Å². The Balaban J connectivity index is 2.37. The standard InChI is InChI=1S/C12H16N2O2/c1-9-4-2-3-5-10(9)6-7-12(16)14-8-11(13)15/h2-5H,6-8H2,1H3,(H2,13,15)(H,14,16). The first-order chi connectivity index (χ1) is 7.59. The fraction of sp³-hybridized carbons (Fsp3) is 0.333. The lowest BCUT2D eigenvalue weighted by Gasteiger charge is -2.05. The minimum Gasteiger partial charge on any atom is -0.368 e. The van der Waals surface area contributed by atoms with Gasteiger partial charge in [0.25, 0.3) is 0 Å². The van der Waals surface area contributed by atoms with E-state index < -0.39 is 5.91 Å². The molecular formula is C12H16N2O2. The van der Waals surface area contributed by atoms with Crippen LogP contribution in [0.25, 0.3) is 0 Å². The number of hydrogen-bond donors (Lipinski definition) is 2. The third-order valence-electron chi connectivity index (χ3n) is 2.34. The number of amides is 2. The van der Waals surface area contributed by atoms with Crippen molar-refractivity contribution in [3.05, 3.63) is 35.4 Å². The lowest BCUT2D eigenvalue weighted by molar-refractivity contribution is -0.124. The minimum absolute atomic E-state index is 0.0907. The van der Waals surface area contributed by atoms with Crippen LogP contribution in [-0.2, 0) is 16.0 Å². The Morgan fingerprint density at radius 1 is 1.31 bits per heavy atom. The van der Waals surface area contributed by atoms with Crippen LogP contribution in [0.3, 0.4) is 0 Å². The predicted molar refractivity (Wildman–Crippen MR) is 61.7 cm³/mol. The molecule has 0 atom stereocenters. The smallest absolute Gasteiger partial charge is 0.236 e. The SMILES string of the molecule is Cc1ccccc1CCC(=O)NCC(N)=O. The first kappa shape index (κ1) is 12.2. The number of carbonyl (C=O) groups excluding carboxylic acids is 2. The number of rotatable bonds is 5. The van der Waals surface area contributed by atoms with Crippen molar-refractivity contribution >= 4 is 11.8 Å². The molecule has 1 aromatic carbocycles. The number of carbonyl (C=O) groups is 2. The van der Waals surface area contributed by atoms with Gasteiger partial charge in [-0.25, -0.2) is 0 Å². The third-order valence-corrected chi connectivity index (χ3v) is 2.34. The van der Waals surface area contributed by atoms with Crippen LogP contribution in [-0.4, -0.2) is 18.4 Å². The minimum atomic E-state index is -0.524. The number of nitrogens with two attached hydrogens (primary N) is 1. The van der Waals surface area contributed by atoms with Crippen molar-refractivity contribution in [1.82, 2.24) is 5.32 Å². The molecule has 0 saturated carbocycles. The molecule has 0 saturated heterocycles. The van der Waals surface area contributed by atoms with Gasteiger partial charge in [-0.3, -0.25) is 9.59 Å². The van der Waals surface area contributed by atoms with E-state index in [0.29, 0.717) is 12.8 Å². The molecular weight excluding hydrogens is 204 g/mol. The van der Waals surface area contributed by atoms with Crippen molar-refractivity contribution in [1.29, 1.82) is 0 Å². The molecule has 16 heavy (non-hydrogen) atoms. The molecule has 4 heteroatoms. The molecule has 0 heterocycles. The maximum absolute atomic E-state index is 11.3. The van der Waals surface area contributed by atoms with Crippen LogP contribution in [0.5, 0.6) is 0 Å². The predicted octanol–water partition coefficient (Wildman–Crippen LogP) is 0.529. The zero-order valence-electron chi connectivity index (χ0n) is 9.32. The van der Waals surface area contributed by atoms with E-state index >= 15 is 0 Å². The van der Waals surface area contributed by atoms with Gasteiger partial charge in [-0.2, -0.15) is 0 Å². The monoisotopic (exact) mass is 220 g/mol. The van der Waals surface area contributed by atoms with Gasteiger partial charge in [0.05, 0.1) is 6.54 Å². The molecule has 0 unspecified atom stereocenters. The fourth-order valence-electron chi connectivity index (χ4n) is 1.41. The number of hydrogen-bond acceptors (Lipinski definition) is 2. The first-order valence-corrected chi connectivity index (χ1v) is 5.19. The van der Waals surface area contributed by atoms with Crippen molar-refractivity contribution in [3.63, 3.8) is 0 Å². The molecule has 0 spiro atoms. The summed E-state index contributed by atoms with van der Waals surface area (Å²) < 4.78 is 0. The van der Waals surface area contributed by atoms with Crippen LogP contribution in [0, 0.1) is 6.92 Å². The van der Waals surface area contributed by atoms with E-state index in [1.165, 1.54) is 5.56 Å². The highest BCUT2D eigenvalue weighted by Gasteiger charge is 2.04. The van der Waals surface area contributed by atoms with E-state index in [9.17, 15) is 9.59 Å². The van der Waals surface area contributed by atoms with E-state index in [-0.39, 0.29) is 12.5 Å². The van der Waals surface area contributed by atoms with Crippen molar-refractivity contribution in [2.45, 2.75) is 19.8 Å². The average molecular weight is 220 g/mol. The van der Waals surface area contributed by atoms with E-state index in [0.717, 1.165) is 5.56 Å². The largest absolute Gasteiger partial charge is 0.368 e. The van der Waals surface area contributed by atoms with Gasteiger partial charge in [0, 0.05) is 6.42 Å². The molecule has 0 radical (unpaired) electrons. The summed E-state index contributed by atoms with van der Waals surface area (Å²) in [6, 6.07) is 7.92. The molecule has 0 bridgehead atoms. The van der Waals surface area contributed by atoms with Crippen LogP contribution in [0.4, 0.5) is 0 Å². The zero-order chi connectivity index (χ0) is 12.0. The Morgan fingerprint density at radius 2 is 2.00 bits per heavy atom. The number of primary amides is 1. The van der Waals surface area contributed by atoms with Gasteiger partial charge in [0.1, 0.15) is 0 Å². The number of nitrogens with one attached hydrogen (secondary N) is 1. The second-order valence-corrected chi connectivity index (χ2v) is 3.67. The molecule has 0 aliphatic heterocycles. The topological polar surface area (TPSA) is 72.2 Å². The van der Waals surface area contributed by atoms with Gasteiger partial charge in [-0.15, -0.1) is 0 Å². The summed E-state index contributed by atoms with van der Waals surface area (Å²) in [5.74, 6) is -0.675. The maximum Gasteiger partial charge on any atom is 0.236 e. The van der Waals surface area contributed by atoms with Crippen molar-refractivity contribution in [3.8, 4) is 0 Å². The Hall–Kier alpha value is -1.84. The summed E-state index contributed by atoms with van der Waals surface area (Å²) in [5.41, 5.74) is 7.24. The van der Waals surface area contributed by atoms with Crippen LogP contribution >= 0.6 is 0 Å². The van der Waals surface area contributed by atoms with Gasteiger partial charge in [-0.05, 0) is 24.5 Å². The molecule has 1 rings (SSSR count). The van der Waals surface area contributed by atoms with Crippen molar-refractivity contribution in [2.75, 3.05) is 6.54 Å². The molecule has 0 aliphatic carbocycles. The molecule has 4 nitrogen and oxygen atoms in total. The normalized spacial score (nSPS) is 9.81. The third kappa shape index (κ3) is 4.13. The summed E-state index contributed by atoms with van der Waals surface area (Å²) in [7, 11) is 0. The van der Waals surface area contributed by atoms with Crippen molar-refractivity contribution < 1.29 is 9.59 Å². The van der Waals surface area contributed by atoms with Crippen molar-refractivity contribution in [2.24, 2.45) is 5.73 Å². The Bertz CT molecular complexity index is 388. The second-order valence-electron chi connectivity index (χ2n) is 3.67. The van der Waals surface area contributed by atoms with Gasteiger partial charge in [-0.1, -0.05) is 24.3 Å². The summed E-state index contributed by atoms with van der Waals surface area (Å²) in [5, 5.41) is 2.46. The zero-order valence-corrected chi connectivity index (χ0v) is 9.32. The van der Waals surface area contributed by atoms with E-state index in [2.05, 4.69) is 5.32 Å². The highest BCUT2D eigenvalue weighted by molar-refractivity contribution is 5.83. The number of aryl methyl sites for hydroxylation is 2. The van der Waals surface area contributed by atoms with Crippen LogP contribution in [0.15, 0.2) is 24.3 Å². The average Bonchev–Trinajstić information content (AvgIpc) is 2.25. The lowest BCUT2D eigenvalue weighted by atomic mass is 10.0. The number of benzene rings is 1. The Morgan fingerprint density at radius 3 is 2.62 bits per heavy atom. The summed E-state index contributed by atoms with van der Waals surface area (Å²) >= 11 is 0. The lowest BCUT2D eigenvalue weighted by Crippen LogP contribution is -2.33. The molecule has 1 aromatic rings. The maximum atomic E-state index is 11.3. The molecule has 0 aromatic heterocycles. The van der Waals surface area contributed by atoms with Crippen LogP contribution in [0.2, 0.25) is 0 Å². The highest BCUT2D eigenvalue weighted by Crippen LogP contribution is 2.09. The molecule has 2 amide bonds. The van der Waals surface area contributed by atoms with E-state index in [4.69, 9.17) is 5.73 Å².